The maximum Gasteiger partial charge on any atom is 0.191 e. The lowest BCUT2D eigenvalue weighted by atomic mass is 9.99. The SMILES string of the molecule is CN=C(NCc1ccc(N2CCC(C)CC2)nc1)NCc1nc(C(C)C)cs1. The predicted molar refractivity (Wildman–Crippen MR) is 118 cm³/mol. The molecule has 3 rings (SSSR count). The Bertz CT molecular complexity index is 759. The van der Waals surface area contributed by atoms with Crippen LogP contribution >= 0.6 is 11.3 Å². The molecular formula is C21H32N6S. The third-order valence-corrected chi connectivity index (χ3v) is 6.04. The van der Waals surface area contributed by atoms with Crippen molar-refractivity contribution in [3.63, 3.8) is 0 Å². The van der Waals surface area contributed by atoms with Gasteiger partial charge in [0.15, 0.2) is 5.96 Å². The fourth-order valence-corrected chi connectivity index (χ4v) is 4.08. The van der Waals surface area contributed by atoms with Gasteiger partial charge in [0.2, 0.25) is 0 Å². The summed E-state index contributed by atoms with van der Waals surface area (Å²) < 4.78 is 0. The first-order valence-corrected chi connectivity index (χ1v) is 11.0. The fraction of sp³-hybridized carbons (Fsp3) is 0.571. The molecule has 1 fully saturated rings. The molecule has 1 saturated heterocycles. The molecule has 6 nitrogen and oxygen atoms in total. The first kappa shape index (κ1) is 20.6. The lowest BCUT2D eigenvalue weighted by Crippen LogP contribution is -2.36. The van der Waals surface area contributed by atoms with Crippen LogP contribution in [0.4, 0.5) is 5.82 Å². The van der Waals surface area contributed by atoms with Gasteiger partial charge in [-0.1, -0.05) is 26.8 Å². The largest absolute Gasteiger partial charge is 0.357 e. The molecule has 0 unspecified atom stereocenters. The van der Waals surface area contributed by atoms with Crippen molar-refractivity contribution >= 4 is 23.1 Å². The van der Waals surface area contributed by atoms with Crippen LogP contribution in [0.25, 0.3) is 0 Å². The van der Waals surface area contributed by atoms with Crippen LogP contribution in [0, 0.1) is 5.92 Å². The normalized spacial score (nSPS) is 15.9. The number of rotatable bonds is 6. The topological polar surface area (TPSA) is 65.4 Å². The van der Waals surface area contributed by atoms with Crippen molar-refractivity contribution in [2.24, 2.45) is 10.9 Å². The molecule has 0 aromatic carbocycles. The van der Waals surface area contributed by atoms with Crippen LogP contribution in [0.1, 0.15) is 55.8 Å². The number of piperidine rings is 1. The third-order valence-electron chi connectivity index (χ3n) is 5.17. The highest BCUT2D eigenvalue weighted by molar-refractivity contribution is 7.09. The molecule has 0 amide bonds. The second kappa shape index (κ2) is 9.87. The van der Waals surface area contributed by atoms with Crippen LogP contribution in [0.15, 0.2) is 28.7 Å². The summed E-state index contributed by atoms with van der Waals surface area (Å²) in [5.74, 6) is 3.16. The van der Waals surface area contributed by atoms with E-state index < -0.39 is 0 Å². The average Bonchev–Trinajstić information content (AvgIpc) is 3.19. The molecule has 2 aromatic rings. The van der Waals surface area contributed by atoms with Gasteiger partial charge in [0, 0.05) is 38.3 Å². The zero-order valence-electron chi connectivity index (χ0n) is 17.4. The van der Waals surface area contributed by atoms with Crippen LogP contribution in [0.3, 0.4) is 0 Å². The summed E-state index contributed by atoms with van der Waals surface area (Å²) in [6.45, 7) is 10.3. The van der Waals surface area contributed by atoms with Gasteiger partial charge in [-0.05, 0) is 36.3 Å². The summed E-state index contributed by atoms with van der Waals surface area (Å²) >= 11 is 1.69. The first-order valence-electron chi connectivity index (χ1n) is 10.1. The molecule has 3 heterocycles. The van der Waals surface area contributed by atoms with Crippen LogP contribution in [-0.2, 0) is 13.1 Å². The number of anilines is 1. The number of nitrogens with one attached hydrogen (secondary N) is 2. The number of aromatic nitrogens is 2. The van der Waals surface area contributed by atoms with Gasteiger partial charge in [0.25, 0.3) is 0 Å². The highest BCUT2D eigenvalue weighted by atomic mass is 32.1. The Kier molecular flexibility index (Phi) is 7.25. The van der Waals surface area contributed by atoms with E-state index in [1.54, 1.807) is 18.4 Å². The lowest BCUT2D eigenvalue weighted by Gasteiger charge is -2.31. The Morgan fingerprint density at radius 1 is 1.25 bits per heavy atom. The third kappa shape index (κ3) is 5.67. The molecule has 0 spiro atoms. The highest BCUT2D eigenvalue weighted by Crippen LogP contribution is 2.21. The Morgan fingerprint density at radius 2 is 2.00 bits per heavy atom. The molecule has 152 valence electrons. The molecule has 2 aromatic heterocycles. The number of thiazole rings is 1. The lowest BCUT2D eigenvalue weighted by molar-refractivity contribution is 0.436. The van der Waals surface area contributed by atoms with Crippen LogP contribution in [0.5, 0.6) is 0 Å². The average molecular weight is 401 g/mol. The molecule has 0 saturated carbocycles. The van der Waals surface area contributed by atoms with E-state index in [1.807, 2.05) is 6.20 Å². The van der Waals surface area contributed by atoms with Crippen molar-refractivity contribution in [3.05, 3.63) is 40.0 Å². The molecule has 0 radical (unpaired) electrons. The number of aliphatic imine (C=N–C) groups is 1. The van der Waals surface area contributed by atoms with Gasteiger partial charge in [-0.15, -0.1) is 11.3 Å². The van der Waals surface area contributed by atoms with E-state index in [0.717, 1.165) is 47.0 Å². The Hall–Kier alpha value is -2.15. The van der Waals surface area contributed by atoms with Gasteiger partial charge in [-0.3, -0.25) is 4.99 Å². The number of hydrogen-bond donors (Lipinski definition) is 2. The molecular weight excluding hydrogens is 368 g/mol. The zero-order valence-corrected chi connectivity index (χ0v) is 18.2. The number of guanidine groups is 1. The van der Waals surface area contributed by atoms with Crippen molar-refractivity contribution < 1.29 is 0 Å². The van der Waals surface area contributed by atoms with E-state index in [0.29, 0.717) is 19.0 Å². The van der Waals surface area contributed by atoms with Gasteiger partial charge >= 0.3 is 0 Å². The second-order valence-corrected chi connectivity index (χ2v) is 8.74. The fourth-order valence-electron chi connectivity index (χ4n) is 3.18. The summed E-state index contributed by atoms with van der Waals surface area (Å²) in [7, 11) is 1.79. The minimum absolute atomic E-state index is 0.464. The number of nitrogens with zero attached hydrogens (tertiary/aromatic N) is 4. The van der Waals surface area contributed by atoms with Crippen LogP contribution in [0.2, 0.25) is 0 Å². The van der Waals surface area contributed by atoms with E-state index in [1.165, 1.54) is 12.8 Å². The van der Waals surface area contributed by atoms with Crippen molar-refractivity contribution in [1.82, 2.24) is 20.6 Å². The summed E-state index contributed by atoms with van der Waals surface area (Å²) in [4.78, 5) is 16.0. The Morgan fingerprint density at radius 3 is 2.61 bits per heavy atom. The van der Waals surface area contributed by atoms with Crippen molar-refractivity contribution in [2.45, 2.75) is 52.6 Å². The summed E-state index contributed by atoms with van der Waals surface area (Å²) in [5.41, 5.74) is 2.30. The van der Waals surface area contributed by atoms with Crippen LogP contribution in [-0.4, -0.2) is 36.1 Å². The predicted octanol–water partition coefficient (Wildman–Crippen LogP) is 3.76. The summed E-state index contributed by atoms with van der Waals surface area (Å²) in [6, 6.07) is 4.28. The van der Waals surface area contributed by atoms with E-state index in [9.17, 15) is 0 Å². The van der Waals surface area contributed by atoms with E-state index >= 15 is 0 Å². The van der Waals surface area contributed by atoms with Crippen molar-refractivity contribution in [2.75, 3.05) is 25.0 Å². The second-order valence-electron chi connectivity index (χ2n) is 7.79. The molecule has 1 aliphatic heterocycles. The minimum Gasteiger partial charge on any atom is -0.357 e. The van der Waals surface area contributed by atoms with Gasteiger partial charge in [0.1, 0.15) is 10.8 Å². The molecule has 0 atom stereocenters. The van der Waals surface area contributed by atoms with Gasteiger partial charge in [0.05, 0.1) is 12.2 Å². The smallest absolute Gasteiger partial charge is 0.191 e. The van der Waals surface area contributed by atoms with E-state index in [2.05, 4.69) is 68.8 Å². The molecule has 2 N–H and O–H groups in total. The molecule has 0 aliphatic carbocycles. The van der Waals surface area contributed by atoms with Crippen molar-refractivity contribution in [1.29, 1.82) is 0 Å². The monoisotopic (exact) mass is 400 g/mol. The summed E-state index contributed by atoms with van der Waals surface area (Å²) in [5, 5.41) is 9.90. The standard InChI is InChI=1S/C21H32N6S/c1-15(2)18-14-28-20(26-18)13-25-21(22-4)24-12-17-5-6-19(23-11-17)27-9-7-16(3)8-10-27/h5-6,11,14-16H,7-10,12-13H2,1-4H3,(H2,22,24,25). The van der Waals surface area contributed by atoms with Crippen LogP contribution < -0.4 is 15.5 Å². The number of hydrogen-bond acceptors (Lipinski definition) is 5. The Labute approximate surface area is 172 Å². The number of pyridine rings is 1. The van der Waals surface area contributed by atoms with Gasteiger partial charge < -0.3 is 15.5 Å². The summed E-state index contributed by atoms with van der Waals surface area (Å²) in [6.07, 6.45) is 4.47. The molecule has 0 bridgehead atoms. The first-order chi connectivity index (χ1) is 13.5. The van der Waals surface area contributed by atoms with E-state index in [4.69, 9.17) is 0 Å². The zero-order chi connectivity index (χ0) is 19.9. The van der Waals surface area contributed by atoms with E-state index in [-0.39, 0.29) is 0 Å². The van der Waals surface area contributed by atoms with Gasteiger partial charge in [-0.25, -0.2) is 9.97 Å². The molecule has 7 heteroatoms. The van der Waals surface area contributed by atoms with Crippen molar-refractivity contribution in [3.8, 4) is 0 Å². The highest BCUT2D eigenvalue weighted by Gasteiger charge is 2.16. The maximum atomic E-state index is 4.66. The van der Waals surface area contributed by atoms with Gasteiger partial charge in [-0.2, -0.15) is 0 Å². The molecule has 1 aliphatic rings. The molecule has 28 heavy (non-hydrogen) atoms. The maximum absolute atomic E-state index is 4.66. The minimum atomic E-state index is 0.464. The quantitative estimate of drug-likeness (QED) is 0.571. The Balaban J connectivity index is 1.46.